The summed E-state index contributed by atoms with van der Waals surface area (Å²) >= 11 is 0. The highest BCUT2D eigenvalue weighted by atomic mass is 16.4. The molecule has 1 aromatic rings. The highest BCUT2D eigenvalue weighted by Gasteiger charge is 2.26. The van der Waals surface area contributed by atoms with E-state index in [-0.39, 0.29) is 17.0 Å². The number of benzene rings is 1. The van der Waals surface area contributed by atoms with E-state index in [1.807, 2.05) is 6.92 Å². The predicted molar refractivity (Wildman–Crippen MR) is 79.1 cm³/mol. The summed E-state index contributed by atoms with van der Waals surface area (Å²) in [4.78, 5) is 31.3. The van der Waals surface area contributed by atoms with E-state index in [4.69, 9.17) is 15.3 Å². The summed E-state index contributed by atoms with van der Waals surface area (Å²) in [5.41, 5.74) is -0.0372. The van der Waals surface area contributed by atoms with Crippen LogP contribution < -0.4 is 0 Å². The van der Waals surface area contributed by atoms with Gasteiger partial charge in [-0.1, -0.05) is 25.8 Å². The van der Waals surface area contributed by atoms with Crippen molar-refractivity contribution in [2.75, 3.05) is 0 Å². The Hall–Kier alpha value is -2.37. The van der Waals surface area contributed by atoms with Crippen molar-refractivity contribution >= 4 is 17.9 Å². The zero-order chi connectivity index (χ0) is 16.7. The first-order valence-electron chi connectivity index (χ1n) is 7.12. The summed E-state index contributed by atoms with van der Waals surface area (Å²) in [7, 11) is 0. The molecule has 6 heteroatoms. The number of aromatic carboxylic acids is 2. The van der Waals surface area contributed by atoms with Crippen molar-refractivity contribution in [2.24, 2.45) is 11.8 Å². The Morgan fingerprint density at radius 1 is 0.955 bits per heavy atom. The molecule has 2 rings (SSSR count). The average Bonchev–Trinajstić information content (AvgIpc) is 2.48. The van der Waals surface area contributed by atoms with Crippen LogP contribution >= 0.6 is 0 Å². The van der Waals surface area contributed by atoms with E-state index < -0.39 is 17.9 Å². The normalized spacial score (nSPS) is 20.4. The number of aliphatic carboxylic acids is 1. The van der Waals surface area contributed by atoms with Gasteiger partial charge >= 0.3 is 17.9 Å². The summed E-state index contributed by atoms with van der Waals surface area (Å²) in [6.07, 6.45) is 4.29. The van der Waals surface area contributed by atoms with Gasteiger partial charge in [-0.3, -0.25) is 4.79 Å². The topological polar surface area (TPSA) is 112 Å². The molecule has 1 aliphatic rings. The molecule has 120 valence electrons. The zero-order valence-electron chi connectivity index (χ0n) is 12.4. The minimum absolute atomic E-state index is 0.0186. The Morgan fingerprint density at radius 3 is 1.82 bits per heavy atom. The number of carbonyl (C=O) groups is 3. The van der Waals surface area contributed by atoms with E-state index in [0.29, 0.717) is 5.92 Å². The van der Waals surface area contributed by atoms with Gasteiger partial charge in [0.25, 0.3) is 0 Å². The lowest BCUT2D eigenvalue weighted by molar-refractivity contribution is -0.144. The van der Waals surface area contributed by atoms with Gasteiger partial charge in [0.05, 0.1) is 17.0 Å². The maximum Gasteiger partial charge on any atom is 0.335 e. The lowest BCUT2D eigenvalue weighted by Gasteiger charge is -2.24. The number of carboxylic acid groups (broad SMARTS) is 3. The Labute approximate surface area is 128 Å². The molecule has 2 unspecified atom stereocenters. The SMILES string of the molecule is CC1CCCCC1C(=O)O.O=C(O)c1cccc(C(=O)O)c1. The first-order chi connectivity index (χ1) is 10.3. The smallest absolute Gasteiger partial charge is 0.335 e. The van der Waals surface area contributed by atoms with E-state index in [1.54, 1.807) is 0 Å². The molecule has 0 aliphatic heterocycles. The Bertz CT molecular complexity index is 522. The molecule has 0 aromatic heterocycles. The van der Waals surface area contributed by atoms with Gasteiger partial charge in [0, 0.05) is 0 Å². The molecule has 1 fully saturated rings. The molecule has 22 heavy (non-hydrogen) atoms. The van der Waals surface area contributed by atoms with Crippen molar-refractivity contribution in [3.63, 3.8) is 0 Å². The largest absolute Gasteiger partial charge is 0.481 e. The second-order valence-electron chi connectivity index (χ2n) is 5.40. The minimum Gasteiger partial charge on any atom is -0.481 e. The van der Waals surface area contributed by atoms with Crippen molar-refractivity contribution in [2.45, 2.75) is 32.6 Å². The average molecular weight is 308 g/mol. The van der Waals surface area contributed by atoms with Gasteiger partial charge in [0.1, 0.15) is 0 Å². The second-order valence-corrected chi connectivity index (χ2v) is 5.40. The molecule has 2 atom stereocenters. The fourth-order valence-corrected chi connectivity index (χ4v) is 2.47. The van der Waals surface area contributed by atoms with Crippen LogP contribution in [0.5, 0.6) is 0 Å². The van der Waals surface area contributed by atoms with Crippen molar-refractivity contribution in [3.05, 3.63) is 35.4 Å². The molecule has 0 amide bonds. The number of rotatable bonds is 3. The number of carboxylic acids is 3. The van der Waals surface area contributed by atoms with Gasteiger partial charge in [-0.25, -0.2) is 9.59 Å². The molecule has 0 radical (unpaired) electrons. The molecular weight excluding hydrogens is 288 g/mol. The predicted octanol–water partition coefficient (Wildman–Crippen LogP) is 2.98. The Balaban J connectivity index is 0.000000224. The number of hydrogen-bond donors (Lipinski definition) is 3. The van der Waals surface area contributed by atoms with Crippen LogP contribution in [0.1, 0.15) is 53.3 Å². The van der Waals surface area contributed by atoms with Crippen LogP contribution in [-0.4, -0.2) is 33.2 Å². The van der Waals surface area contributed by atoms with Crippen LogP contribution in [0.25, 0.3) is 0 Å². The van der Waals surface area contributed by atoms with Crippen LogP contribution in [0.15, 0.2) is 24.3 Å². The van der Waals surface area contributed by atoms with E-state index in [2.05, 4.69) is 0 Å². The van der Waals surface area contributed by atoms with Crippen LogP contribution in [-0.2, 0) is 4.79 Å². The zero-order valence-corrected chi connectivity index (χ0v) is 12.4. The van der Waals surface area contributed by atoms with E-state index in [0.717, 1.165) is 25.3 Å². The van der Waals surface area contributed by atoms with E-state index in [1.165, 1.54) is 24.6 Å². The maximum atomic E-state index is 10.6. The lowest BCUT2D eigenvalue weighted by Crippen LogP contribution is -2.24. The van der Waals surface area contributed by atoms with Crippen molar-refractivity contribution in [1.29, 1.82) is 0 Å². The van der Waals surface area contributed by atoms with E-state index >= 15 is 0 Å². The Morgan fingerprint density at radius 2 is 1.45 bits per heavy atom. The van der Waals surface area contributed by atoms with E-state index in [9.17, 15) is 14.4 Å². The third-order valence-electron chi connectivity index (χ3n) is 3.79. The third kappa shape index (κ3) is 5.20. The van der Waals surface area contributed by atoms with Gasteiger partial charge < -0.3 is 15.3 Å². The Kier molecular flexibility index (Phi) is 6.56. The quantitative estimate of drug-likeness (QED) is 0.791. The maximum absolute atomic E-state index is 10.6. The molecule has 0 heterocycles. The van der Waals surface area contributed by atoms with Gasteiger partial charge in [0.15, 0.2) is 0 Å². The monoisotopic (exact) mass is 308 g/mol. The van der Waals surface area contributed by atoms with Crippen molar-refractivity contribution < 1.29 is 29.7 Å². The summed E-state index contributed by atoms with van der Waals surface area (Å²) < 4.78 is 0. The molecule has 1 aromatic carbocycles. The summed E-state index contributed by atoms with van der Waals surface area (Å²) in [6, 6.07) is 5.20. The van der Waals surface area contributed by atoms with Crippen LogP contribution in [0.3, 0.4) is 0 Å². The molecule has 6 nitrogen and oxygen atoms in total. The minimum atomic E-state index is -1.13. The molecule has 0 bridgehead atoms. The van der Waals surface area contributed by atoms with Gasteiger partial charge in [-0.15, -0.1) is 0 Å². The first-order valence-corrected chi connectivity index (χ1v) is 7.12. The van der Waals surface area contributed by atoms with Gasteiger partial charge in [0.2, 0.25) is 0 Å². The molecular formula is C16H20O6. The highest BCUT2D eigenvalue weighted by molar-refractivity contribution is 5.93. The third-order valence-corrected chi connectivity index (χ3v) is 3.79. The first kappa shape index (κ1) is 17.7. The lowest BCUT2D eigenvalue weighted by atomic mass is 9.81. The van der Waals surface area contributed by atoms with Gasteiger partial charge in [-0.2, -0.15) is 0 Å². The highest BCUT2D eigenvalue weighted by Crippen LogP contribution is 2.29. The standard InChI is InChI=1S/C8H6O4.C8H14O2/c9-7(10)5-2-1-3-6(4-5)8(11)12;1-6-4-2-3-5-7(6)8(9)10/h1-4H,(H,9,10)(H,11,12);6-7H,2-5H2,1H3,(H,9,10). The molecule has 1 aliphatic carbocycles. The van der Waals surface area contributed by atoms with Gasteiger partial charge in [-0.05, 0) is 37.0 Å². The summed E-state index contributed by atoms with van der Waals surface area (Å²) in [6.45, 7) is 2.04. The second kappa shape index (κ2) is 8.17. The van der Waals surface area contributed by atoms with Crippen LogP contribution in [0.4, 0.5) is 0 Å². The molecule has 0 saturated heterocycles. The fraction of sp³-hybridized carbons (Fsp3) is 0.438. The van der Waals surface area contributed by atoms with Crippen molar-refractivity contribution in [3.8, 4) is 0 Å². The summed E-state index contributed by atoms with van der Waals surface area (Å²) in [5, 5.41) is 25.7. The van der Waals surface area contributed by atoms with Crippen LogP contribution in [0.2, 0.25) is 0 Å². The molecule has 3 N–H and O–H groups in total. The van der Waals surface area contributed by atoms with Crippen molar-refractivity contribution in [1.82, 2.24) is 0 Å². The van der Waals surface area contributed by atoms with Crippen LogP contribution in [0, 0.1) is 11.8 Å². The number of hydrogen-bond acceptors (Lipinski definition) is 3. The summed E-state index contributed by atoms with van der Waals surface area (Å²) in [5.74, 6) is -2.52. The fourth-order valence-electron chi connectivity index (χ4n) is 2.47. The molecule has 1 saturated carbocycles. The molecule has 0 spiro atoms.